The van der Waals surface area contributed by atoms with E-state index in [0.717, 1.165) is 24.3 Å². The summed E-state index contributed by atoms with van der Waals surface area (Å²) >= 11 is 4.99. The SMILES string of the molecule is CCN(CC)C(=O)C(C)N(C)c1cccc(C(N)=S)c1. The molecule has 5 heteroatoms. The number of hydrogen-bond acceptors (Lipinski definition) is 3. The first-order valence-electron chi connectivity index (χ1n) is 6.83. The van der Waals surface area contributed by atoms with Gasteiger partial charge in [-0.1, -0.05) is 24.4 Å². The summed E-state index contributed by atoms with van der Waals surface area (Å²) in [5.74, 6) is 0.123. The van der Waals surface area contributed by atoms with Gasteiger partial charge in [0.05, 0.1) is 0 Å². The highest BCUT2D eigenvalue weighted by atomic mass is 32.1. The summed E-state index contributed by atoms with van der Waals surface area (Å²) in [7, 11) is 1.91. The molecule has 1 aromatic carbocycles. The number of thiocarbonyl (C=S) groups is 1. The zero-order valence-corrected chi connectivity index (χ0v) is 13.4. The third-order valence-corrected chi connectivity index (χ3v) is 3.79. The predicted octanol–water partition coefficient (Wildman–Crippen LogP) is 2.01. The first-order chi connectivity index (χ1) is 9.42. The number of carbonyl (C=O) groups is 1. The molecule has 20 heavy (non-hydrogen) atoms. The van der Waals surface area contributed by atoms with Crippen LogP contribution in [0.3, 0.4) is 0 Å². The van der Waals surface area contributed by atoms with E-state index in [4.69, 9.17) is 18.0 Å². The van der Waals surface area contributed by atoms with Gasteiger partial charge in [-0.25, -0.2) is 0 Å². The third kappa shape index (κ3) is 3.70. The molecule has 0 aliphatic rings. The van der Waals surface area contributed by atoms with Gasteiger partial charge in [-0.3, -0.25) is 4.79 Å². The molecule has 0 aromatic heterocycles. The highest BCUT2D eigenvalue weighted by Crippen LogP contribution is 2.18. The zero-order valence-electron chi connectivity index (χ0n) is 12.6. The average Bonchev–Trinajstić information content (AvgIpc) is 2.46. The summed E-state index contributed by atoms with van der Waals surface area (Å²) in [6.07, 6.45) is 0. The summed E-state index contributed by atoms with van der Waals surface area (Å²) in [6, 6.07) is 7.41. The van der Waals surface area contributed by atoms with Crippen LogP contribution >= 0.6 is 12.2 Å². The molecule has 110 valence electrons. The largest absolute Gasteiger partial charge is 0.389 e. The van der Waals surface area contributed by atoms with Gasteiger partial charge in [0.15, 0.2) is 0 Å². The van der Waals surface area contributed by atoms with Crippen LogP contribution in [0, 0.1) is 0 Å². The fraction of sp³-hybridized carbons (Fsp3) is 0.467. The minimum absolute atomic E-state index is 0.123. The van der Waals surface area contributed by atoms with Crippen LogP contribution in [0.25, 0.3) is 0 Å². The molecule has 0 fully saturated rings. The zero-order chi connectivity index (χ0) is 15.3. The van der Waals surface area contributed by atoms with Gasteiger partial charge in [0.1, 0.15) is 11.0 Å². The van der Waals surface area contributed by atoms with Crippen LogP contribution in [0.5, 0.6) is 0 Å². The van der Waals surface area contributed by atoms with E-state index in [1.807, 2.05) is 61.9 Å². The molecule has 0 aliphatic heterocycles. The number of anilines is 1. The molecule has 1 unspecified atom stereocenters. The molecule has 0 spiro atoms. The van der Waals surface area contributed by atoms with E-state index in [1.54, 1.807) is 0 Å². The van der Waals surface area contributed by atoms with Gasteiger partial charge < -0.3 is 15.5 Å². The number of carbonyl (C=O) groups excluding carboxylic acids is 1. The molecule has 4 nitrogen and oxygen atoms in total. The number of hydrogen-bond donors (Lipinski definition) is 1. The van der Waals surface area contributed by atoms with Crippen molar-refractivity contribution in [3.05, 3.63) is 29.8 Å². The Kier molecular flexibility index (Phi) is 5.95. The third-order valence-electron chi connectivity index (χ3n) is 3.55. The minimum atomic E-state index is -0.225. The fourth-order valence-electron chi connectivity index (χ4n) is 2.07. The lowest BCUT2D eigenvalue weighted by Crippen LogP contribution is -2.45. The van der Waals surface area contributed by atoms with Crippen LogP contribution in [-0.2, 0) is 4.79 Å². The van der Waals surface area contributed by atoms with Gasteiger partial charge in [-0.15, -0.1) is 0 Å². The number of amides is 1. The maximum absolute atomic E-state index is 12.4. The molecular weight excluding hydrogens is 270 g/mol. The van der Waals surface area contributed by atoms with Gasteiger partial charge in [0, 0.05) is 31.4 Å². The maximum Gasteiger partial charge on any atom is 0.244 e. The van der Waals surface area contributed by atoms with Crippen molar-refractivity contribution in [2.24, 2.45) is 5.73 Å². The molecule has 2 N–H and O–H groups in total. The molecule has 1 aromatic rings. The topological polar surface area (TPSA) is 49.6 Å². The Hall–Kier alpha value is -1.62. The van der Waals surface area contributed by atoms with Crippen molar-refractivity contribution in [2.45, 2.75) is 26.8 Å². The summed E-state index contributed by atoms with van der Waals surface area (Å²) in [4.78, 5) is 16.5. The van der Waals surface area contributed by atoms with Crippen molar-refractivity contribution >= 4 is 28.8 Å². The Labute approximate surface area is 126 Å². The Morgan fingerprint density at radius 2 is 1.95 bits per heavy atom. The van der Waals surface area contributed by atoms with E-state index in [-0.39, 0.29) is 11.9 Å². The van der Waals surface area contributed by atoms with Crippen molar-refractivity contribution in [3.63, 3.8) is 0 Å². The van der Waals surface area contributed by atoms with Crippen LogP contribution in [0.1, 0.15) is 26.3 Å². The summed E-state index contributed by atoms with van der Waals surface area (Å²) in [5, 5.41) is 0. The first-order valence-corrected chi connectivity index (χ1v) is 7.24. The van der Waals surface area contributed by atoms with Crippen molar-refractivity contribution in [1.82, 2.24) is 4.90 Å². The monoisotopic (exact) mass is 293 g/mol. The lowest BCUT2D eigenvalue weighted by atomic mass is 10.1. The molecular formula is C15H23N3OS. The van der Waals surface area contributed by atoms with E-state index >= 15 is 0 Å². The summed E-state index contributed by atoms with van der Waals surface area (Å²) in [6.45, 7) is 7.33. The number of rotatable bonds is 6. The van der Waals surface area contributed by atoms with E-state index in [1.165, 1.54) is 0 Å². The van der Waals surface area contributed by atoms with Gasteiger partial charge in [0.2, 0.25) is 5.91 Å². The molecule has 0 heterocycles. The van der Waals surface area contributed by atoms with Crippen LogP contribution in [0.15, 0.2) is 24.3 Å². The number of likely N-dealkylation sites (N-methyl/N-ethyl adjacent to an activating group) is 2. The number of nitrogens with zero attached hydrogens (tertiary/aromatic N) is 2. The Morgan fingerprint density at radius 1 is 1.35 bits per heavy atom. The second-order valence-corrected chi connectivity index (χ2v) is 5.15. The summed E-state index contributed by atoms with van der Waals surface area (Å²) in [5.41, 5.74) is 7.39. The normalized spacial score (nSPS) is 11.8. The summed E-state index contributed by atoms with van der Waals surface area (Å²) < 4.78 is 0. The molecule has 1 amide bonds. The lowest BCUT2D eigenvalue weighted by molar-refractivity contribution is -0.131. The van der Waals surface area contributed by atoms with Crippen LogP contribution in [0.2, 0.25) is 0 Å². The molecule has 0 saturated heterocycles. The van der Waals surface area contributed by atoms with Gasteiger partial charge >= 0.3 is 0 Å². The molecule has 0 radical (unpaired) electrons. The smallest absolute Gasteiger partial charge is 0.244 e. The van der Waals surface area contributed by atoms with Gasteiger partial charge in [-0.2, -0.15) is 0 Å². The van der Waals surface area contributed by atoms with Crippen molar-refractivity contribution < 1.29 is 4.79 Å². The van der Waals surface area contributed by atoms with Crippen LogP contribution in [0.4, 0.5) is 5.69 Å². The maximum atomic E-state index is 12.4. The average molecular weight is 293 g/mol. The van der Waals surface area contributed by atoms with Gasteiger partial charge in [-0.05, 0) is 32.9 Å². The molecule has 0 bridgehead atoms. The van der Waals surface area contributed by atoms with E-state index in [2.05, 4.69) is 0 Å². The van der Waals surface area contributed by atoms with E-state index in [0.29, 0.717) is 4.99 Å². The molecule has 0 aliphatic carbocycles. The molecule has 1 atom stereocenters. The van der Waals surface area contributed by atoms with Crippen molar-refractivity contribution in [3.8, 4) is 0 Å². The van der Waals surface area contributed by atoms with Crippen LogP contribution < -0.4 is 10.6 Å². The van der Waals surface area contributed by atoms with E-state index in [9.17, 15) is 4.79 Å². The minimum Gasteiger partial charge on any atom is -0.389 e. The number of nitrogens with two attached hydrogens (primary N) is 1. The first kappa shape index (κ1) is 16.4. The quantitative estimate of drug-likeness (QED) is 0.815. The fourth-order valence-corrected chi connectivity index (χ4v) is 2.19. The standard InChI is InChI=1S/C15H23N3OS/c1-5-18(6-2)15(19)11(3)17(4)13-9-7-8-12(10-13)14(16)20/h7-11H,5-6H2,1-4H3,(H2,16,20). The van der Waals surface area contributed by atoms with Crippen molar-refractivity contribution in [1.29, 1.82) is 0 Å². The van der Waals surface area contributed by atoms with Crippen molar-refractivity contribution in [2.75, 3.05) is 25.0 Å². The van der Waals surface area contributed by atoms with Gasteiger partial charge in [0.25, 0.3) is 0 Å². The predicted molar refractivity (Wildman–Crippen MR) is 88.1 cm³/mol. The lowest BCUT2D eigenvalue weighted by Gasteiger charge is -2.30. The van der Waals surface area contributed by atoms with Crippen LogP contribution in [-0.4, -0.2) is 42.0 Å². The second-order valence-electron chi connectivity index (χ2n) is 4.71. The second kappa shape index (κ2) is 7.24. The Bertz CT molecular complexity index is 486. The van der Waals surface area contributed by atoms with E-state index < -0.39 is 0 Å². The number of benzene rings is 1. The molecule has 0 saturated carbocycles. The molecule has 1 rings (SSSR count). The Morgan fingerprint density at radius 3 is 2.45 bits per heavy atom. The highest BCUT2D eigenvalue weighted by Gasteiger charge is 2.22. The Balaban J connectivity index is 2.93. The highest BCUT2D eigenvalue weighted by molar-refractivity contribution is 7.80.